The SMILES string of the molecule is CCCCC1(CCCC)c2cc(Cl)ccc2-c2ccc(Cl)cc21. The fourth-order valence-corrected chi connectivity index (χ4v) is 4.40. The van der Waals surface area contributed by atoms with Gasteiger partial charge < -0.3 is 0 Å². The van der Waals surface area contributed by atoms with E-state index in [4.69, 9.17) is 23.2 Å². The van der Waals surface area contributed by atoms with Crippen molar-refractivity contribution in [3.05, 3.63) is 57.6 Å². The minimum absolute atomic E-state index is 0.0759. The first-order valence-corrected chi connectivity index (χ1v) is 9.48. The summed E-state index contributed by atoms with van der Waals surface area (Å²) in [7, 11) is 0. The first-order valence-electron chi connectivity index (χ1n) is 8.73. The fraction of sp³-hybridized carbons (Fsp3) is 0.429. The number of rotatable bonds is 6. The van der Waals surface area contributed by atoms with Crippen LogP contribution in [0.1, 0.15) is 63.5 Å². The summed E-state index contributed by atoms with van der Waals surface area (Å²) in [5.74, 6) is 0. The first kappa shape index (κ1) is 16.9. The molecular formula is C21H24Cl2. The van der Waals surface area contributed by atoms with Gasteiger partial charge in [-0.2, -0.15) is 0 Å². The minimum Gasteiger partial charge on any atom is -0.0843 e. The van der Waals surface area contributed by atoms with Gasteiger partial charge in [-0.15, -0.1) is 0 Å². The summed E-state index contributed by atoms with van der Waals surface area (Å²) in [6.07, 6.45) is 7.21. The Hall–Kier alpha value is -0.980. The Balaban J connectivity index is 2.23. The van der Waals surface area contributed by atoms with Crippen molar-refractivity contribution in [3.8, 4) is 11.1 Å². The lowest BCUT2D eigenvalue weighted by atomic mass is 9.71. The predicted molar refractivity (Wildman–Crippen MR) is 102 cm³/mol. The lowest BCUT2D eigenvalue weighted by Gasteiger charge is -2.32. The highest BCUT2D eigenvalue weighted by molar-refractivity contribution is 6.31. The van der Waals surface area contributed by atoms with Crippen LogP contribution in [0, 0.1) is 0 Å². The smallest absolute Gasteiger partial charge is 0.0409 e. The Morgan fingerprint density at radius 3 is 1.57 bits per heavy atom. The summed E-state index contributed by atoms with van der Waals surface area (Å²) in [6, 6.07) is 12.8. The molecule has 1 aliphatic rings. The predicted octanol–water partition coefficient (Wildman–Crippen LogP) is 7.64. The molecule has 0 fully saturated rings. The average molecular weight is 347 g/mol. The molecule has 0 amide bonds. The Labute approximate surface area is 149 Å². The maximum atomic E-state index is 6.37. The molecule has 0 nitrogen and oxygen atoms in total. The second-order valence-electron chi connectivity index (χ2n) is 6.67. The number of unbranched alkanes of at least 4 members (excludes halogenated alkanes) is 2. The third-order valence-electron chi connectivity index (χ3n) is 5.20. The maximum absolute atomic E-state index is 6.37. The van der Waals surface area contributed by atoms with E-state index in [-0.39, 0.29) is 5.41 Å². The number of fused-ring (bicyclic) bond motifs is 3. The molecule has 0 unspecified atom stereocenters. The van der Waals surface area contributed by atoms with Crippen molar-refractivity contribution >= 4 is 23.2 Å². The van der Waals surface area contributed by atoms with E-state index in [1.165, 1.54) is 60.8 Å². The van der Waals surface area contributed by atoms with Crippen LogP contribution in [0.15, 0.2) is 36.4 Å². The van der Waals surface area contributed by atoms with Crippen molar-refractivity contribution in [3.63, 3.8) is 0 Å². The lowest BCUT2D eigenvalue weighted by Crippen LogP contribution is -2.25. The molecule has 2 heteroatoms. The first-order chi connectivity index (χ1) is 11.1. The van der Waals surface area contributed by atoms with Gasteiger partial charge >= 0.3 is 0 Å². The summed E-state index contributed by atoms with van der Waals surface area (Å²) in [5, 5.41) is 1.67. The molecule has 1 aliphatic carbocycles. The Morgan fingerprint density at radius 1 is 0.739 bits per heavy atom. The lowest BCUT2D eigenvalue weighted by molar-refractivity contribution is 0.414. The second-order valence-corrected chi connectivity index (χ2v) is 7.54. The molecule has 0 bridgehead atoms. The van der Waals surface area contributed by atoms with Crippen LogP contribution < -0.4 is 0 Å². The zero-order valence-corrected chi connectivity index (χ0v) is 15.5. The molecule has 2 aromatic carbocycles. The van der Waals surface area contributed by atoms with E-state index in [9.17, 15) is 0 Å². The molecule has 3 rings (SSSR count). The van der Waals surface area contributed by atoms with E-state index >= 15 is 0 Å². The Kier molecular flexibility index (Phi) is 5.04. The van der Waals surface area contributed by atoms with E-state index in [0.29, 0.717) is 0 Å². The van der Waals surface area contributed by atoms with Crippen LogP contribution in [0.5, 0.6) is 0 Å². The van der Waals surface area contributed by atoms with Gasteiger partial charge in [-0.05, 0) is 59.4 Å². The third-order valence-corrected chi connectivity index (χ3v) is 5.67. The molecule has 2 aromatic rings. The number of hydrogen-bond acceptors (Lipinski definition) is 0. The topological polar surface area (TPSA) is 0 Å². The summed E-state index contributed by atoms with van der Waals surface area (Å²) >= 11 is 12.7. The van der Waals surface area contributed by atoms with E-state index in [2.05, 4.69) is 38.1 Å². The van der Waals surface area contributed by atoms with E-state index in [0.717, 1.165) is 10.0 Å². The maximum Gasteiger partial charge on any atom is 0.0409 e. The quantitative estimate of drug-likeness (QED) is 0.503. The third kappa shape index (κ3) is 2.92. The van der Waals surface area contributed by atoms with Gasteiger partial charge in [0.2, 0.25) is 0 Å². The summed E-state index contributed by atoms with van der Waals surface area (Å²) < 4.78 is 0. The van der Waals surface area contributed by atoms with Crippen LogP contribution in [0.25, 0.3) is 11.1 Å². The van der Waals surface area contributed by atoms with Crippen LogP contribution in [0.4, 0.5) is 0 Å². The molecule has 0 aromatic heterocycles. The summed E-state index contributed by atoms with van der Waals surface area (Å²) in [6.45, 7) is 4.53. The molecule has 0 radical (unpaired) electrons. The zero-order chi connectivity index (χ0) is 16.4. The van der Waals surface area contributed by atoms with Crippen molar-refractivity contribution in [1.29, 1.82) is 0 Å². The second kappa shape index (κ2) is 6.87. The van der Waals surface area contributed by atoms with Gasteiger partial charge in [-0.25, -0.2) is 0 Å². The van der Waals surface area contributed by atoms with Crippen molar-refractivity contribution in [2.75, 3.05) is 0 Å². The summed E-state index contributed by atoms with van der Waals surface area (Å²) in [4.78, 5) is 0. The standard InChI is InChI=1S/C21H24Cl2/c1-3-5-11-21(12-6-4-2)19-13-15(22)7-9-17(19)18-10-8-16(23)14-20(18)21/h7-10,13-14H,3-6,11-12H2,1-2H3. The van der Waals surface area contributed by atoms with Gasteiger partial charge in [-0.1, -0.05) is 74.9 Å². The van der Waals surface area contributed by atoms with Crippen LogP contribution in [-0.4, -0.2) is 0 Å². The van der Waals surface area contributed by atoms with E-state index in [1.807, 2.05) is 12.1 Å². The Morgan fingerprint density at radius 2 is 1.17 bits per heavy atom. The van der Waals surface area contributed by atoms with Crippen molar-refractivity contribution in [2.45, 2.75) is 57.8 Å². The zero-order valence-electron chi connectivity index (χ0n) is 14.0. The molecular weight excluding hydrogens is 323 g/mol. The number of benzene rings is 2. The minimum atomic E-state index is 0.0759. The molecule has 0 N–H and O–H groups in total. The van der Waals surface area contributed by atoms with Crippen LogP contribution in [0.3, 0.4) is 0 Å². The van der Waals surface area contributed by atoms with Gasteiger partial charge in [0.25, 0.3) is 0 Å². The average Bonchev–Trinajstić information content (AvgIpc) is 2.80. The molecule has 23 heavy (non-hydrogen) atoms. The number of hydrogen-bond donors (Lipinski definition) is 0. The summed E-state index contributed by atoms with van der Waals surface area (Å²) in [5.41, 5.74) is 5.57. The van der Waals surface area contributed by atoms with E-state index < -0.39 is 0 Å². The van der Waals surface area contributed by atoms with Crippen LogP contribution in [-0.2, 0) is 5.41 Å². The largest absolute Gasteiger partial charge is 0.0843 e. The van der Waals surface area contributed by atoms with Crippen molar-refractivity contribution in [1.82, 2.24) is 0 Å². The molecule has 0 saturated heterocycles. The van der Waals surface area contributed by atoms with E-state index in [1.54, 1.807) is 0 Å². The van der Waals surface area contributed by atoms with Crippen molar-refractivity contribution in [2.24, 2.45) is 0 Å². The monoisotopic (exact) mass is 346 g/mol. The normalized spacial score (nSPS) is 14.6. The van der Waals surface area contributed by atoms with Crippen molar-refractivity contribution < 1.29 is 0 Å². The molecule has 0 atom stereocenters. The Bertz CT molecular complexity index is 641. The van der Waals surface area contributed by atoms with Crippen LogP contribution in [0.2, 0.25) is 10.0 Å². The van der Waals surface area contributed by atoms with Gasteiger partial charge in [0.1, 0.15) is 0 Å². The van der Waals surface area contributed by atoms with Gasteiger partial charge in [0.05, 0.1) is 0 Å². The molecule has 0 heterocycles. The molecule has 0 aliphatic heterocycles. The van der Waals surface area contributed by atoms with Gasteiger partial charge in [0, 0.05) is 15.5 Å². The molecule has 0 saturated carbocycles. The highest BCUT2D eigenvalue weighted by Gasteiger charge is 2.42. The molecule has 122 valence electrons. The highest BCUT2D eigenvalue weighted by Crippen LogP contribution is 2.55. The van der Waals surface area contributed by atoms with Crippen LogP contribution >= 0.6 is 23.2 Å². The number of halogens is 2. The van der Waals surface area contributed by atoms with Gasteiger partial charge in [0.15, 0.2) is 0 Å². The fourth-order valence-electron chi connectivity index (χ4n) is 4.06. The highest BCUT2D eigenvalue weighted by atomic mass is 35.5. The van der Waals surface area contributed by atoms with Gasteiger partial charge in [-0.3, -0.25) is 0 Å². The molecule has 0 spiro atoms.